The maximum Gasteiger partial charge on any atom is 0.205 e. The molecule has 0 amide bonds. The number of nitrogens with two attached hydrogens (primary N) is 1. The van der Waals surface area contributed by atoms with Crippen LogP contribution in [0.1, 0.15) is 12.5 Å². The molecule has 3 N–H and O–H groups in total. The van der Waals surface area contributed by atoms with Crippen molar-refractivity contribution in [1.82, 2.24) is 9.88 Å². The van der Waals surface area contributed by atoms with Gasteiger partial charge in [0.05, 0.1) is 26.0 Å². The molecule has 2 aromatic rings. The lowest BCUT2D eigenvalue weighted by Gasteiger charge is -2.26. The molecule has 0 unspecified atom stereocenters. The summed E-state index contributed by atoms with van der Waals surface area (Å²) >= 11 is 1.40. The van der Waals surface area contributed by atoms with Crippen molar-refractivity contribution in [2.24, 2.45) is 5.10 Å². The third kappa shape index (κ3) is 6.09. The first kappa shape index (κ1) is 19.4. The van der Waals surface area contributed by atoms with E-state index in [0.717, 1.165) is 44.2 Å². The van der Waals surface area contributed by atoms with Crippen LogP contribution in [0, 0.1) is 0 Å². The summed E-state index contributed by atoms with van der Waals surface area (Å²) < 4.78 is 17.0. The highest BCUT2D eigenvalue weighted by Gasteiger charge is 2.11. The van der Waals surface area contributed by atoms with Crippen LogP contribution in [0.15, 0.2) is 28.7 Å². The van der Waals surface area contributed by atoms with Crippen molar-refractivity contribution in [2.45, 2.75) is 6.92 Å². The first-order chi connectivity index (χ1) is 13.2. The second-order valence-corrected chi connectivity index (χ2v) is 6.75. The minimum atomic E-state index is 0.481. The van der Waals surface area contributed by atoms with Gasteiger partial charge in [0.1, 0.15) is 12.4 Å². The fourth-order valence-corrected chi connectivity index (χ4v) is 3.15. The SMILES string of the molecule is CCOc1cc(C=NNc2nc(N)cs2)ccc1OCCN1CCOCC1. The molecule has 9 heteroatoms. The maximum atomic E-state index is 5.93. The highest BCUT2D eigenvalue weighted by atomic mass is 32.1. The van der Waals surface area contributed by atoms with E-state index in [-0.39, 0.29) is 0 Å². The molecular weight excluding hydrogens is 366 g/mol. The van der Waals surface area contributed by atoms with E-state index < -0.39 is 0 Å². The zero-order valence-corrected chi connectivity index (χ0v) is 16.2. The minimum absolute atomic E-state index is 0.481. The number of nitrogens with one attached hydrogen (secondary N) is 1. The van der Waals surface area contributed by atoms with Crippen molar-refractivity contribution in [1.29, 1.82) is 0 Å². The number of hydrogen-bond acceptors (Lipinski definition) is 9. The lowest BCUT2D eigenvalue weighted by molar-refractivity contribution is 0.0321. The number of anilines is 2. The van der Waals surface area contributed by atoms with Crippen LogP contribution in [0.25, 0.3) is 0 Å². The molecule has 0 atom stereocenters. The van der Waals surface area contributed by atoms with Crippen molar-refractivity contribution >= 4 is 28.5 Å². The third-order valence-corrected chi connectivity index (χ3v) is 4.70. The molecule has 1 aromatic carbocycles. The van der Waals surface area contributed by atoms with Crippen molar-refractivity contribution < 1.29 is 14.2 Å². The Bertz CT molecular complexity index is 746. The molecule has 1 aliphatic heterocycles. The van der Waals surface area contributed by atoms with Crippen molar-refractivity contribution in [3.05, 3.63) is 29.1 Å². The van der Waals surface area contributed by atoms with Gasteiger partial charge in [0.15, 0.2) is 11.5 Å². The standard InChI is InChI=1S/C18H25N5O3S/c1-2-25-16-11-14(12-20-22-18-21-17(19)13-27-18)3-4-15(16)26-10-7-23-5-8-24-9-6-23/h3-4,11-13H,2,5-10,19H2,1H3,(H,21,22). The van der Waals surface area contributed by atoms with Crippen LogP contribution in [0.2, 0.25) is 0 Å². The molecule has 0 radical (unpaired) electrons. The monoisotopic (exact) mass is 391 g/mol. The molecule has 1 saturated heterocycles. The van der Waals surface area contributed by atoms with Crippen LogP contribution in [0.5, 0.6) is 11.5 Å². The van der Waals surface area contributed by atoms with Gasteiger partial charge in [0.25, 0.3) is 0 Å². The number of benzene rings is 1. The lowest BCUT2D eigenvalue weighted by atomic mass is 10.2. The zero-order chi connectivity index (χ0) is 18.9. The van der Waals surface area contributed by atoms with E-state index in [4.69, 9.17) is 19.9 Å². The number of aromatic nitrogens is 1. The number of nitrogens with zero attached hydrogens (tertiary/aromatic N) is 3. The number of ether oxygens (including phenoxy) is 3. The highest BCUT2D eigenvalue weighted by molar-refractivity contribution is 7.14. The minimum Gasteiger partial charge on any atom is -0.490 e. The van der Waals surface area contributed by atoms with Crippen molar-refractivity contribution in [3.63, 3.8) is 0 Å². The van der Waals surface area contributed by atoms with Crippen molar-refractivity contribution in [2.75, 3.05) is 57.2 Å². The highest BCUT2D eigenvalue weighted by Crippen LogP contribution is 2.28. The Kier molecular flexibility index (Phi) is 7.26. The predicted molar refractivity (Wildman–Crippen MR) is 108 cm³/mol. The van der Waals surface area contributed by atoms with Gasteiger partial charge >= 0.3 is 0 Å². The van der Waals surface area contributed by atoms with Crippen LogP contribution >= 0.6 is 11.3 Å². The summed E-state index contributed by atoms with van der Waals surface area (Å²) in [6.45, 7) is 7.49. The number of morpholine rings is 1. The molecular formula is C18H25N5O3S. The van der Waals surface area contributed by atoms with Gasteiger partial charge in [0, 0.05) is 25.0 Å². The molecule has 2 heterocycles. The summed E-state index contributed by atoms with van der Waals surface area (Å²) in [5.74, 6) is 1.93. The summed E-state index contributed by atoms with van der Waals surface area (Å²) in [7, 11) is 0. The number of thiazole rings is 1. The zero-order valence-electron chi connectivity index (χ0n) is 15.4. The summed E-state index contributed by atoms with van der Waals surface area (Å²) in [5.41, 5.74) is 9.35. The van der Waals surface area contributed by atoms with Gasteiger partial charge in [-0.25, -0.2) is 4.98 Å². The summed E-state index contributed by atoms with van der Waals surface area (Å²) in [4.78, 5) is 6.43. The quantitative estimate of drug-likeness (QED) is 0.500. The maximum absolute atomic E-state index is 5.93. The van der Waals surface area contributed by atoms with Gasteiger partial charge in [-0.2, -0.15) is 5.10 Å². The topological polar surface area (TPSA) is 94.2 Å². The molecule has 1 fully saturated rings. The average Bonchev–Trinajstić information content (AvgIpc) is 3.10. The Morgan fingerprint density at radius 2 is 2.19 bits per heavy atom. The summed E-state index contributed by atoms with van der Waals surface area (Å²) in [5, 5.41) is 6.59. The molecule has 0 saturated carbocycles. The van der Waals surface area contributed by atoms with E-state index in [9.17, 15) is 0 Å². The second-order valence-electron chi connectivity index (χ2n) is 5.89. The van der Waals surface area contributed by atoms with Gasteiger partial charge in [0.2, 0.25) is 5.13 Å². The molecule has 146 valence electrons. The Labute approximate surface area is 162 Å². The fourth-order valence-electron chi connectivity index (χ4n) is 2.60. The lowest BCUT2D eigenvalue weighted by Crippen LogP contribution is -2.38. The molecule has 0 spiro atoms. The van der Waals surface area contributed by atoms with Gasteiger partial charge < -0.3 is 19.9 Å². The second kappa shape index (κ2) is 10.1. The smallest absolute Gasteiger partial charge is 0.205 e. The van der Waals surface area contributed by atoms with Crippen LogP contribution in [-0.4, -0.2) is 62.2 Å². The number of rotatable bonds is 9. The van der Waals surface area contributed by atoms with E-state index in [1.165, 1.54) is 11.3 Å². The van der Waals surface area contributed by atoms with Crippen LogP contribution in [-0.2, 0) is 4.74 Å². The van der Waals surface area contributed by atoms with E-state index >= 15 is 0 Å². The molecule has 1 aliphatic rings. The average molecular weight is 391 g/mol. The molecule has 27 heavy (non-hydrogen) atoms. The van der Waals surface area contributed by atoms with Gasteiger partial charge in [-0.1, -0.05) is 0 Å². The normalized spacial score (nSPS) is 15.1. The fraction of sp³-hybridized carbons (Fsp3) is 0.444. The number of hydrazone groups is 1. The van der Waals surface area contributed by atoms with E-state index in [1.807, 2.05) is 25.1 Å². The summed E-state index contributed by atoms with van der Waals surface area (Å²) in [6, 6.07) is 5.76. The number of hydrogen-bond donors (Lipinski definition) is 2. The Hall–Kier alpha value is -2.36. The molecule has 0 bridgehead atoms. The molecule has 3 rings (SSSR count). The summed E-state index contributed by atoms with van der Waals surface area (Å²) in [6.07, 6.45) is 1.71. The van der Waals surface area contributed by atoms with E-state index in [2.05, 4.69) is 20.4 Å². The number of nitrogen functional groups attached to an aromatic ring is 1. The molecule has 1 aromatic heterocycles. The first-order valence-electron chi connectivity index (χ1n) is 8.94. The van der Waals surface area contributed by atoms with Gasteiger partial charge in [-0.15, -0.1) is 11.3 Å². The van der Waals surface area contributed by atoms with Crippen molar-refractivity contribution in [3.8, 4) is 11.5 Å². The van der Waals surface area contributed by atoms with Crippen LogP contribution in [0.3, 0.4) is 0 Å². The Morgan fingerprint density at radius 1 is 1.33 bits per heavy atom. The van der Waals surface area contributed by atoms with Crippen LogP contribution in [0.4, 0.5) is 10.9 Å². The Morgan fingerprint density at radius 3 is 2.93 bits per heavy atom. The van der Waals surface area contributed by atoms with E-state index in [1.54, 1.807) is 11.6 Å². The van der Waals surface area contributed by atoms with Gasteiger partial charge in [-0.3, -0.25) is 10.3 Å². The molecule has 8 nitrogen and oxygen atoms in total. The largest absolute Gasteiger partial charge is 0.490 e. The van der Waals surface area contributed by atoms with Crippen LogP contribution < -0.4 is 20.6 Å². The predicted octanol–water partition coefficient (Wildman–Crippen LogP) is 2.28. The molecule has 0 aliphatic carbocycles. The Balaban J connectivity index is 1.56. The van der Waals surface area contributed by atoms with Gasteiger partial charge in [-0.05, 0) is 30.7 Å². The first-order valence-corrected chi connectivity index (χ1v) is 9.82. The third-order valence-electron chi connectivity index (χ3n) is 3.93. The van der Waals surface area contributed by atoms with E-state index in [0.29, 0.717) is 29.9 Å².